The number of benzene rings is 1. The molecule has 0 bridgehead atoms. The lowest BCUT2D eigenvalue weighted by Gasteiger charge is -2.31. The summed E-state index contributed by atoms with van der Waals surface area (Å²) >= 11 is 4.22. The van der Waals surface area contributed by atoms with Crippen molar-refractivity contribution in [1.82, 2.24) is 5.32 Å². The molecule has 104 valence electrons. The van der Waals surface area contributed by atoms with Crippen LogP contribution in [0.3, 0.4) is 0 Å². The maximum atomic E-state index is 12.3. The first-order chi connectivity index (χ1) is 8.68. The molecule has 3 N–H and O–H groups in total. The quantitative estimate of drug-likeness (QED) is 0.737. The van der Waals surface area contributed by atoms with E-state index >= 15 is 0 Å². The van der Waals surface area contributed by atoms with E-state index in [1.165, 1.54) is 0 Å². The smallest absolute Gasteiger partial charge is 0.252 e. The van der Waals surface area contributed by atoms with Gasteiger partial charge in [0, 0.05) is 10.5 Å². The normalized spacial score (nSPS) is 14.0. The van der Waals surface area contributed by atoms with Crippen LogP contribution in [0.5, 0.6) is 0 Å². The molecule has 0 heterocycles. The van der Waals surface area contributed by atoms with Gasteiger partial charge < -0.3 is 11.1 Å². The number of amides is 2. The number of aryl methyl sites for hydroxylation is 1. The fourth-order valence-electron chi connectivity index (χ4n) is 1.70. The molecule has 1 unspecified atom stereocenters. The Bertz CT molecular complexity index is 514. The molecule has 0 aliphatic carbocycles. The van der Waals surface area contributed by atoms with Gasteiger partial charge in [0.15, 0.2) is 0 Å². The summed E-state index contributed by atoms with van der Waals surface area (Å²) in [6.07, 6.45) is 0. The second-order valence-electron chi connectivity index (χ2n) is 5.17. The minimum atomic E-state index is -1.07. The number of rotatable bonds is 4. The summed E-state index contributed by atoms with van der Waals surface area (Å²) in [4.78, 5) is 24.6. The fraction of sp³-hybridized carbons (Fsp3) is 0.429. The molecule has 0 fully saturated rings. The lowest BCUT2D eigenvalue weighted by atomic mass is 9.87. The molecular weight excluding hydrogens is 260 g/mol. The number of nitrogens with two attached hydrogens (primary N) is 1. The van der Waals surface area contributed by atoms with E-state index in [1.807, 2.05) is 20.8 Å². The largest absolute Gasteiger partial charge is 0.368 e. The first-order valence-electron chi connectivity index (χ1n) is 6.10. The monoisotopic (exact) mass is 280 g/mol. The van der Waals surface area contributed by atoms with Gasteiger partial charge in [0.25, 0.3) is 5.91 Å². The molecular formula is C14H20N2O2S. The molecule has 4 nitrogen and oxygen atoms in total. The topological polar surface area (TPSA) is 72.2 Å². The number of carbonyl (C=O) groups is 2. The van der Waals surface area contributed by atoms with Crippen molar-refractivity contribution in [1.29, 1.82) is 0 Å². The Morgan fingerprint density at radius 1 is 1.37 bits per heavy atom. The predicted molar refractivity (Wildman–Crippen MR) is 78.3 cm³/mol. The predicted octanol–water partition coefficient (Wildman–Crippen LogP) is 1.91. The molecule has 1 aromatic rings. The highest BCUT2D eigenvalue weighted by atomic mass is 32.1. The molecule has 0 aliphatic rings. The molecule has 1 rings (SSSR count). The van der Waals surface area contributed by atoms with E-state index in [0.717, 1.165) is 10.5 Å². The summed E-state index contributed by atoms with van der Waals surface area (Å²) in [5, 5.41) is 2.73. The molecule has 0 aromatic heterocycles. The van der Waals surface area contributed by atoms with Crippen molar-refractivity contribution in [2.45, 2.75) is 38.1 Å². The van der Waals surface area contributed by atoms with Crippen LogP contribution in [0.15, 0.2) is 23.1 Å². The molecule has 0 spiro atoms. The molecule has 19 heavy (non-hydrogen) atoms. The number of carbonyl (C=O) groups excluding carboxylic acids is 2. The maximum Gasteiger partial charge on any atom is 0.252 e. The Kier molecular flexibility index (Phi) is 4.63. The van der Waals surface area contributed by atoms with Crippen molar-refractivity contribution in [3.8, 4) is 0 Å². The lowest BCUT2D eigenvalue weighted by Crippen LogP contribution is -2.58. The van der Waals surface area contributed by atoms with Gasteiger partial charge in [-0.15, -0.1) is 12.6 Å². The minimum Gasteiger partial charge on any atom is -0.368 e. The van der Waals surface area contributed by atoms with Gasteiger partial charge in [-0.05, 0) is 43.5 Å². The minimum absolute atomic E-state index is 0.0987. The highest BCUT2D eigenvalue weighted by Crippen LogP contribution is 2.19. The van der Waals surface area contributed by atoms with Gasteiger partial charge >= 0.3 is 0 Å². The van der Waals surface area contributed by atoms with Gasteiger partial charge in [0.2, 0.25) is 5.91 Å². The highest BCUT2D eigenvalue weighted by molar-refractivity contribution is 7.80. The van der Waals surface area contributed by atoms with E-state index in [4.69, 9.17) is 5.73 Å². The van der Waals surface area contributed by atoms with Gasteiger partial charge in [-0.1, -0.05) is 13.8 Å². The van der Waals surface area contributed by atoms with Crippen molar-refractivity contribution in [2.75, 3.05) is 0 Å². The third-order valence-electron chi connectivity index (χ3n) is 3.49. The van der Waals surface area contributed by atoms with Crippen LogP contribution in [0.2, 0.25) is 0 Å². The number of primary amides is 1. The molecule has 1 aromatic carbocycles. The van der Waals surface area contributed by atoms with Gasteiger partial charge in [-0.2, -0.15) is 0 Å². The lowest BCUT2D eigenvalue weighted by molar-refractivity contribution is -0.125. The van der Waals surface area contributed by atoms with Crippen molar-refractivity contribution in [2.24, 2.45) is 11.7 Å². The van der Waals surface area contributed by atoms with Gasteiger partial charge in [0.1, 0.15) is 5.54 Å². The zero-order valence-corrected chi connectivity index (χ0v) is 12.5. The third kappa shape index (κ3) is 3.29. The average molecular weight is 280 g/mol. The summed E-state index contributed by atoms with van der Waals surface area (Å²) in [5.74, 6) is -0.946. The van der Waals surface area contributed by atoms with Crippen LogP contribution in [-0.4, -0.2) is 17.4 Å². The van der Waals surface area contributed by atoms with Gasteiger partial charge in [0.05, 0.1) is 0 Å². The molecule has 0 saturated carbocycles. The zero-order chi connectivity index (χ0) is 14.8. The van der Waals surface area contributed by atoms with Crippen molar-refractivity contribution in [3.63, 3.8) is 0 Å². The molecule has 0 saturated heterocycles. The summed E-state index contributed by atoms with van der Waals surface area (Å²) in [6.45, 7) is 7.15. The van der Waals surface area contributed by atoms with Crippen molar-refractivity contribution in [3.05, 3.63) is 29.3 Å². The zero-order valence-electron chi connectivity index (χ0n) is 11.7. The molecule has 0 aliphatic heterocycles. The van der Waals surface area contributed by atoms with Crippen LogP contribution >= 0.6 is 12.6 Å². The van der Waals surface area contributed by atoms with E-state index in [-0.39, 0.29) is 11.8 Å². The number of hydrogen-bond donors (Lipinski definition) is 3. The number of thiol groups is 1. The van der Waals surface area contributed by atoms with Crippen molar-refractivity contribution < 1.29 is 9.59 Å². The Labute approximate surface area is 119 Å². The second kappa shape index (κ2) is 5.65. The molecule has 2 amide bonds. The van der Waals surface area contributed by atoms with Crippen LogP contribution in [0.25, 0.3) is 0 Å². The molecule has 1 atom stereocenters. The number of hydrogen-bond acceptors (Lipinski definition) is 3. The standard InChI is InChI=1S/C14H20N2O2S/c1-8(2)14(4,13(15)18)16-12(17)11-6-5-10(19)7-9(11)3/h5-8,19H,1-4H3,(H2,15,18)(H,16,17). The van der Waals surface area contributed by atoms with E-state index in [9.17, 15) is 9.59 Å². The maximum absolute atomic E-state index is 12.3. The third-order valence-corrected chi connectivity index (χ3v) is 3.77. The summed E-state index contributed by atoms with van der Waals surface area (Å²) in [7, 11) is 0. The van der Waals surface area contributed by atoms with Gasteiger partial charge in [-0.3, -0.25) is 9.59 Å². The Hall–Kier alpha value is -1.49. The Balaban J connectivity index is 3.04. The Morgan fingerprint density at radius 3 is 2.37 bits per heavy atom. The SMILES string of the molecule is Cc1cc(S)ccc1C(=O)NC(C)(C(N)=O)C(C)C. The van der Waals surface area contributed by atoms with E-state index in [2.05, 4.69) is 17.9 Å². The summed E-state index contributed by atoms with van der Waals surface area (Å²) < 4.78 is 0. The number of nitrogens with one attached hydrogen (secondary N) is 1. The van der Waals surface area contributed by atoms with E-state index in [0.29, 0.717) is 5.56 Å². The van der Waals surface area contributed by atoms with Crippen LogP contribution in [0, 0.1) is 12.8 Å². The molecule has 0 radical (unpaired) electrons. The first-order valence-corrected chi connectivity index (χ1v) is 6.55. The first kappa shape index (κ1) is 15.6. The van der Waals surface area contributed by atoms with Crippen LogP contribution in [0.4, 0.5) is 0 Å². The second-order valence-corrected chi connectivity index (χ2v) is 5.69. The van der Waals surface area contributed by atoms with Gasteiger partial charge in [-0.25, -0.2) is 0 Å². The van der Waals surface area contributed by atoms with E-state index < -0.39 is 11.4 Å². The Morgan fingerprint density at radius 2 is 1.95 bits per heavy atom. The summed E-state index contributed by atoms with van der Waals surface area (Å²) in [5.41, 5.74) is 5.65. The fourth-order valence-corrected chi connectivity index (χ4v) is 1.96. The summed E-state index contributed by atoms with van der Waals surface area (Å²) in [6, 6.07) is 5.23. The molecule has 5 heteroatoms. The van der Waals surface area contributed by atoms with E-state index in [1.54, 1.807) is 25.1 Å². The highest BCUT2D eigenvalue weighted by Gasteiger charge is 2.36. The van der Waals surface area contributed by atoms with Crippen LogP contribution in [-0.2, 0) is 4.79 Å². The van der Waals surface area contributed by atoms with Crippen LogP contribution in [0.1, 0.15) is 36.7 Å². The van der Waals surface area contributed by atoms with Crippen molar-refractivity contribution >= 4 is 24.4 Å². The van der Waals surface area contributed by atoms with Crippen LogP contribution < -0.4 is 11.1 Å². The average Bonchev–Trinajstić information content (AvgIpc) is 2.27.